The average Bonchev–Trinajstić information content (AvgIpc) is 3.17. The molecule has 1 atom stereocenters. The first-order valence-electron chi connectivity index (χ1n) is 9.69. The Morgan fingerprint density at radius 3 is 2.59 bits per heavy atom. The Hall–Kier alpha value is -3.55. The smallest absolute Gasteiger partial charge is 0.247 e. The van der Waals surface area contributed by atoms with Gasteiger partial charge in [0.2, 0.25) is 5.91 Å². The van der Waals surface area contributed by atoms with E-state index in [2.05, 4.69) is 32.4 Å². The fourth-order valence-corrected chi connectivity index (χ4v) is 3.92. The summed E-state index contributed by atoms with van der Waals surface area (Å²) in [5, 5.41) is 15.1. The molecule has 7 nitrogen and oxygen atoms in total. The first-order chi connectivity index (χ1) is 15.5. The van der Waals surface area contributed by atoms with Gasteiger partial charge in [-0.1, -0.05) is 41.9 Å². The van der Waals surface area contributed by atoms with E-state index >= 15 is 0 Å². The minimum atomic E-state index is -0.395. The van der Waals surface area contributed by atoms with Crippen LogP contribution in [0.3, 0.4) is 0 Å². The number of hydrogen-bond acceptors (Lipinski definition) is 5. The zero-order valence-corrected chi connectivity index (χ0v) is 18.5. The Morgan fingerprint density at radius 2 is 1.88 bits per heavy atom. The Kier molecular flexibility index (Phi) is 6.30. The predicted molar refractivity (Wildman–Crippen MR) is 128 cm³/mol. The van der Waals surface area contributed by atoms with Gasteiger partial charge in [0.25, 0.3) is 0 Å². The normalized spacial score (nSPS) is 11.7. The van der Waals surface area contributed by atoms with Gasteiger partial charge in [0, 0.05) is 23.3 Å². The molecule has 3 N–H and O–H groups in total. The van der Waals surface area contributed by atoms with Crippen LogP contribution in [0.4, 0.5) is 17.2 Å². The van der Waals surface area contributed by atoms with E-state index in [1.54, 1.807) is 6.07 Å². The molecule has 0 aliphatic rings. The molecule has 1 amide bonds. The van der Waals surface area contributed by atoms with E-state index in [1.807, 2.05) is 43.3 Å². The van der Waals surface area contributed by atoms with Gasteiger partial charge >= 0.3 is 0 Å². The third-order valence-corrected chi connectivity index (χ3v) is 5.37. The number of nitrogens with zero attached hydrogens (tertiary/aromatic N) is 2. The van der Waals surface area contributed by atoms with Crippen LogP contribution >= 0.6 is 23.2 Å². The van der Waals surface area contributed by atoms with Crippen molar-refractivity contribution in [2.45, 2.75) is 13.0 Å². The van der Waals surface area contributed by atoms with Crippen molar-refractivity contribution in [1.29, 1.82) is 0 Å². The number of carbonyl (C=O) groups is 1. The molecular weight excluding hydrogens is 449 g/mol. The second-order valence-corrected chi connectivity index (χ2v) is 7.73. The Bertz CT molecular complexity index is 1280. The molecule has 0 spiro atoms. The van der Waals surface area contributed by atoms with Crippen LogP contribution in [0, 0.1) is 0 Å². The van der Waals surface area contributed by atoms with E-state index in [9.17, 15) is 4.79 Å². The minimum Gasteiger partial charge on any atom is -0.486 e. The summed E-state index contributed by atoms with van der Waals surface area (Å²) in [6.45, 7) is 5.35. The number of nitrogens with one attached hydrogen (secondary N) is 3. The molecular formula is C23H19Cl2N5O2. The van der Waals surface area contributed by atoms with E-state index in [-0.39, 0.29) is 5.91 Å². The first-order valence-corrected chi connectivity index (χ1v) is 10.4. The van der Waals surface area contributed by atoms with Crippen LogP contribution in [0.2, 0.25) is 10.0 Å². The molecule has 0 fully saturated rings. The third kappa shape index (κ3) is 4.54. The number of fused-ring (bicyclic) bond motifs is 1. The maximum absolute atomic E-state index is 11.7. The highest BCUT2D eigenvalue weighted by atomic mass is 35.5. The maximum Gasteiger partial charge on any atom is 0.247 e. The molecule has 0 aliphatic heterocycles. The van der Waals surface area contributed by atoms with E-state index < -0.39 is 6.10 Å². The Labute approximate surface area is 194 Å². The van der Waals surface area contributed by atoms with Gasteiger partial charge in [0.15, 0.2) is 5.82 Å². The standard InChI is InChI=1S/C23H19Cl2N5O2/c1-3-21(31)27-19-6-4-5-7-20(19)28-23-15-10-14(8-9-18(15)29-30-23)32-13(2)22-16(24)11-26-12-17(22)25/h3-13H,1H2,2H3,(H,27,31)(H2,28,29,30). The van der Waals surface area contributed by atoms with E-state index in [0.29, 0.717) is 38.6 Å². The van der Waals surface area contributed by atoms with Gasteiger partial charge in [0.05, 0.1) is 26.9 Å². The van der Waals surface area contributed by atoms with Crippen LogP contribution in [-0.4, -0.2) is 21.1 Å². The SMILES string of the molecule is C=CC(=O)Nc1ccccc1Nc1n[nH]c2ccc(OC(C)c3c(Cl)cncc3Cl)cc12. The molecule has 0 bridgehead atoms. The number of halogens is 2. The molecule has 0 aliphatic carbocycles. The molecule has 162 valence electrons. The number of H-pyrrole nitrogens is 1. The lowest BCUT2D eigenvalue weighted by Gasteiger charge is -2.17. The highest BCUT2D eigenvalue weighted by Gasteiger charge is 2.17. The Balaban J connectivity index is 1.62. The van der Waals surface area contributed by atoms with Crippen molar-refractivity contribution in [3.8, 4) is 5.75 Å². The number of hydrogen-bond donors (Lipinski definition) is 3. The summed E-state index contributed by atoms with van der Waals surface area (Å²) in [4.78, 5) is 15.7. The van der Waals surface area contributed by atoms with Crippen molar-refractivity contribution in [3.05, 3.63) is 83.1 Å². The topological polar surface area (TPSA) is 91.9 Å². The lowest BCUT2D eigenvalue weighted by Crippen LogP contribution is -2.09. The number of benzene rings is 2. The molecule has 2 aromatic heterocycles. The van der Waals surface area contributed by atoms with Crippen LogP contribution in [0.5, 0.6) is 5.75 Å². The number of aromatic amines is 1. The molecule has 1 unspecified atom stereocenters. The van der Waals surface area contributed by atoms with E-state index in [0.717, 1.165) is 10.9 Å². The van der Waals surface area contributed by atoms with Crippen molar-refractivity contribution in [1.82, 2.24) is 15.2 Å². The fraction of sp³-hybridized carbons (Fsp3) is 0.0870. The predicted octanol–water partition coefficient (Wildman–Crippen LogP) is 6.27. The monoisotopic (exact) mass is 467 g/mol. The zero-order chi connectivity index (χ0) is 22.7. The Morgan fingerprint density at radius 1 is 1.16 bits per heavy atom. The number of amides is 1. The second-order valence-electron chi connectivity index (χ2n) is 6.92. The van der Waals surface area contributed by atoms with E-state index in [4.69, 9.17) is 27.9 Å². The number of aromatic nitrogens is 3. The van der Waals surface area contributed by atoms with E-state index in [1.165, 1.54) is 18.5 Å². The summed E-state index contributed by atoms with van der Waals surface area (Å²) in [6, 6.07) is 12.9. The third-order valence-electron chi connectivity index (χ3n) is 4.77. The summed E-state index contributed by atoms with van der Waals surface area (Å²) >= 11 is 12.5. The first kappa shape index (κ1) is 21.7. The number of para-hydroxylation sites is 2. The minimum absolute atomic E-state index is 0.302. The van der Waals surface area contributed by atoms with Gasteiger partial charge in [-0.25, -0.2) is 0 Å². The van der Waals surface area contributed by atoms with Crippen LogP contribution < -0.4 is 15.4 Å². The fourth-order valence-electron chi connectivity index (χ4n) is 3.25. The average molecular weight is 468 g/mol. The quantitative estimate of drug-likeness (QED) is 0.278. The van der Waals surface area contributed by atoms with Gasteiger partial charge < -0.3 is 15.4 Å². The highest BCUT2D eigenvalue weighted by Crippen LogP contribution is 2.35. The van der Waals surface area contributed by atoms with Gasteiger partial charge in [-0.05, 0) is 43.3 Å². The summed E-state index contributed by atoms with van der Waals surface area (Å²) in [5.74, 6) is 0.897. The molecule has 2 aromatic carbocycles. The van der Waals surface area contributed by atoms with Gasteiger partial charge in [0.1, 0.15) is 11.9 Å². The number of anilines is 3. The largest absolute Gasteiger partial charge is 0.486 e. The summed E-state index contributed by atoms with van der Waals surface area (Å²) < 4.78 is 6.10. The summed E-state index contributed by atoms with van der Waals surface area (Å²) in [5.41, 5.74) is 2.78. The van der Waals surface area contributed by atoms with Crippen LogP contribution in [0.25, 0.3) is 10.9 Å². The molecule has 0 saturated heterocycles. The van der Waals surface area contributed by atoms with Crippen LogP contribution in [0.15, 0.2) is 67.5 Å². The van der Waals surface area contributed by atoms with Crippen molar-refractivity contribution >= 4 is 57.2 Å². The molecule has 9 heteroatoms. The van der Waals surface area contributed by atoms with Crippen molar-refractivity contribution in [3.63, 3.8) is 0 Å². The molecule has 4 aromatic rings. The summed E-state index contributed by atoms with van der Waals surface area (Å²) in [6.07, 6.45) is 3.89. The van der Waals surface area contributed by atoms with Gasteiger partial charge in [-0.2, -0.15) is 5.10 Å². The lowest BCUT2D eigenvalue weighted by molar-refractivity contribution is -0.111. The molecule has 4 rings (SSSR count). The number of ether oxygens (including phenoxy) is 1. The number of pyridine rings is 1. The van der Waals surface area contributed by atoms with Gasteiger partial charge in [-0.3, -0.25) is 14.9 Å². The lowest BCUT2D eigenvalue weighted by atomic mass is 10.1. The molecule has 32 heavy (non-hydrogen) atoms. The number of rotatable bonds is 7. The number of carbonyl (C=O) groups excluding carboxylic acids is 1. The highest BCUT2D eigenvalue weighted by molar-refractivity contribution is 6.35. The van der Waals surface area contributed by atoms with Gasteiger partial charge in [-0.15, -0.1) is 0 Å². The van der Waals surface area contributed by atoms with Crippen LogP contribution in [-0.2, 0) is 4.79 Å². The second kappa shape index (κ2) is 9.30. The van der Waals surface area contributed by atoms with Crippen molar-refractivity contribution in [2.24, 2.45) is 0 Å². The molecule has 0 radical (unpaired) electrons. The maximum atomic E-state index is 11.7. The molecule has 0 saturated carbocycles. The summed E-state index contributed by atoms with van der Waals surface area (Å²) in [7, 11) is 0. The van der Waals surface area contributed by atoms with Crippen LogP contribution in [0.1, 0.15) is 18.6 Å². The van der Waals surface area contributed by atoms with Crippen molar-refractivity contribution < 1.29 is 9.53 Å². The molecule has 2 heterocycles. The van der Waals surface area contributed by atoms with Crippen molar-refractivity contribution in [2.75, 3.05) is 10.6 Å². The zero-order valence-electron chi connectivity index (χ0n) is 17.0.